The second kappa shape index (κ2) is 13.6. The number of rotatable bonds is 7. The molecule has 0 aliphatic carbocycles. The van der Waals surface area contributed by atoms with Crippen LogP contribution in [0.15, 0.2) is 16.9 Å². The van der Waals surface area contributed by atoms with E-state index in [0.717, 1.165) is 60.5 Å². The Morgan fingerprint density at radius 2 is 1.84 bits per heavy atom. The number of piperidine rings is 1. The molecule has 1 aromatic heterocycles. The maximum atomic E-state index is 13.3. The topological polar surface area (TPSA) is 106 Å². The molecule has 3 N–H and O–H groups in total. The summed E-state index contributed by atoms with van der Waals surface area (Å²) < 4.78 is 0. The van der Waals surface area contributed by atoms with E-state index in [1.807, 2.05) is 26.8 Å². The molecule has 204 valence electrons. The van der Waals surface area contributed by atoms with Crippen molar-refractivity contribution in [3.05, 3.63) is 61.0 Å². The number of likely N-dealkylation sites (tertiary alicyclic amines) is 1. The smallest absolute Gasteiger partial charge is 0.290 e. The molecule has 9 heteroatoms. The van der Waals surface area contributed by atoms with Gasteiger partial charge in [-0.15, -0.1) is 0 Å². The van der Waals surface area contributed by atoms with Crippen LogP contribution in [0.25, 0.3) is 0 Å². The summed E-state index contributed by atoms with van der Waals surface area (Å²) in [4.78, 5) is 42.1. The van der Waals surface area contributed by atoms with Gasteiger partial charge in [-0.05, 0) is 95.4 Å². The van der Waals surface area contributed by atoms with Crippen LogP contribution in [0.5, 0.6) is 0 Å². The minimum absolute atomic E-state index is 0.143. The SMILES string of the molecule is CCN(c1cc(Cl)cc(C(=O)NCc2c(C(C)C)c(C)c(C)[nH]c2=O)c1C)C1CCN(C)CC1.O=CO. The third-order valence-corrected chi connectivity index (χ3v) is 7.46. The molecular formula is C28H41ClN4O4. The number of amides is 1. The van der Waals surface area contributed by atoms with E-state index in [9.17, 15) is 9.59 Å². The van der Waals surface area contributed by atoms with Gasteiger partial charge in [0.1, 0.15) is 0 Å². The molecule has 0 spiro atoms. The molecule has 1 amide bonds. The minimum Gasteiger partial charge on any atom is -0.483 e. The number of halogens is 1. The molecule has 0 saturated carbocycles. The average molecular weight is 533 g/mol. The van der Waals surface area contributed by atoms with Crippen LogP contribution in [0.1, 0.15) is 77.8 Å². The predicted octanol–water partition coefficient (Wildman–Crippen LogP) is 4.63. The summed E-state index contributed by atoms with van der Waals surface area (Å²) in [5, 5.41) is 10.4. The second-order valence-electron chi connectivity index (χ2n) is 9.96. The van der Waals surface area contributed by atoms with Crippen molar-refractivity contribution in [1.82, 2.24) is 15.2 Å². The van der Waals surface area contributed by atoms with Gasteiger partial charge in [-0.3, -0.25) is 14.4 Å². The van der Waals surface area contributed by atoms with Crippen LogP contribution in [-0.2, 0) is 11.3 Å². The van der Waals surface area contributed by atoms with E-state index in [2.05, 4.69) is 47.9 Å². The van der Waals surface area contributed by atoms with Crippen molar-refractivity contribution in [2.24, 2.45) is 0 Å². The van der Waals surface area contributed by atoms with Gasteiger partial charge in [0.05, 0.1) is 0 Å². The lowest BCUT2D eigenvalue weighted by Gasteiger charge is -2.39. The quantitative estimate of drug-likeness (QED) is 0.449. The van der Waals surface area contributed by atoms with Gasteiger partial charge in [0.2, 0.25) is 0 Å². The number of nitrogens with zero attached hydrogens (tertiary/aromatic N) is 2. The van der Waals surface area contributed by atoms with Crippen molar-refractivity contribution in [3.63, 3.8) is 0 Å². The summed E-state index contributed by atoms with van der Waals surface area (Å²) in [6, 6.07) is 4.13. The Balaban J connectivity index is 0.00000153. The summed E-state index contributed by atoms with van der Waals surface area (Å²) >= 11 is 6.51. The number of carbonyl (C=O) groups is 2. The molecule has 1 aliphatic rings. The van der Waals surface area contributed by atoms with E-state index < -0.39 is 0 Å². The largest absolute Gasteiger partial charge is 0.483 e. The zero-order valence-corrected chi connectivity index (χ0v) is 23.8. The van der Waals surface area contributed by atoms with Crippen molar-refractivity contribution in [2.75, 3.05) is 31.6 Å². The summed E-state index contributed by atoms with van der Waals surface area (Å²) in [6.07, 6.45) is 2.18. The van der Waals surface area contributed by atoms with E-state index in [1.54, 1.807) is 6.07 Å². The highest BCUT2D eigenvalue weighted by Gasteiger charge is 2.26. The first-order valence-electron chi connectivity index (χ1n) is 12.8. The Kier molecular flexibility index (Phi) is 11.2. The molecule has 1 saturated heterocycles. The Labute approximate surface area is 225 Å². The van der Waals surface area contributed by atoms with Crippen LogP contribution in [0.2, 0.25) is 5.02 Å². The van der Waals surface area contributed by atoms with Gasteiger partial charge in [-0.25, -0.2) is 0 Å². The van der Waals surface area contributed by atoms with Gasteiger partial charge >= 0.3 is 0 Å². The first-order chi connectivity index (χ1) is 17.5. The molecule has 1 fully saturated rings. The maximum absolute atomic E-state index is 13.3. The highest BCUT2D eigenvalue weighted by Crippen LogP contribution is 2.32. The van der Waals surface area contributed by atoms with E-state index >= 15 is 0 Å². The summed E-state index contributed by atoms with van der Waals surface area (Å²) in [6.45, 7) is 15.1. The van der Waals surface area contributed by atoms with Crippen molar-refractivity contribution in [3.8, 4) is 0 Å². The lowest BCUT2D eigenvalue weighted by molar-refractivity contribution is -0.122. The highest BCUT2D eigenvalue weighted by molar-refractivity contribution is 6.31. The average Bonchev–Trinajstić information content (AvgIpc) is 2.84. The van der Waals surface area contributed by atoms with Gasteiger partial charge < -0.3 is 25.2 Å². The number of anilines is 1. The van der Waals surface area contributed by atoms with Crippen LogP contribution < -0.4 is 15.8 Å². The van der Waals surface area contributed by atoms with Crippen molar-refractivity contribution in [2.45, 2.75) is 72.9 Å². The van der Waals surface area contributed by atoms with Crippen LogP contribution in [-0.4, -0.2) is 60.1 Å². The molecule has 1 aliphatic heterocycles. The van der Waals surface area contributed by atoms with Gasteiger partial charge in [-0.2, -0.15) is 0 Å². The number of aryl methyl sites for hydroxylation is 1. The fourth-order valence-corrected chi connectivity index (χ4v) is 5.45. The molecule has 0 unspecified atom stereocenters. The third kappa shape index (κ3) is 7.36. The number of aromatic amines is 1. The number of aromatic nitrogens is 1. The minimum atomic E-state index is -0.250. The Hall–Kier alpha value is -2.84. The summed E-state index contributed by atoms with van der Waals surface area (Å²) in [5.41, 5.74) is 5.90. The molecule has 0 atom stereocenters. The number of pyridine rings is 1. The molecule has 1 aromatic carbocycles. The van der Waals surface area contributed by atoms with E-state index in [4.69, 9.17) is 21.5 Å². The summed E-state index contributed by atoms with van der Waals surface area (Å²) in [7, 11) is 2.16. The number of hydrogen-bond donors (Lipinski definition) is 3. The first-order valence-corrected chi connectivity index (χ1v) is 13.2. The van der Waals surface area contributed by atoms with Gasteiger partial charge in [0.25, 0.3) is 17.9 Å². The maximum Gasteiger partial charge on any atom is 0.290 e. The predicted molar refractivity (Wildman–Crippen MR) is 150 cm³/mol. The van der Waals surface area contributed by atoms with Crippen LogP contribution in [0.4, 0.5) is 5.69 Å². The number of hydrogen-bond acceptors (Lipinski definition) is 5. The molecule has 2 aromatic rings. The zero-order chi connectivity index (χ0) is 27.9. The lowest BCUT2D eigenvalue weighted by atomic mass is 9.92. The molecule has 37 heavy (non-hydrogen) atoms. The van der Waals surface area contributed by atoms with Gasteiger partial charge in [0.15, 0.2) is 0 Å². The Bertz CT molecular complexity index is 1150. The van der Waals surface area contributed by atoms with E-state index in [-0.39, 0.29) is 30.4 Å². The molecule has 0 radical (unpaired) electrons. The monoisotopic (exact) mass is 532 g/mol. The van der Waals surface area contributed by atoms with Crippen LogP contribution in [0.3, 0.4) is 0 Å². The van der Waals surface area contributed by atoms with Crippen molar-refractivity contribution < 1.29 is 14.7 Å². The number of carbonyl (C=O) groups excluding carboxylic acids is 1. The first kappa shape index (κ1) is 30.4. The van der Waals surface area contributed by atoms with E-state index in [0.29, 0.717) is 22.2 Å². The molecule has 8 nitrogen and oxygen atoms in total. The number of H-pyrrole nitrogens is 1. The summed E-state index contributed by atoms with van der Waals surface area (Å²) in [5.74, 6) is -0.0342. The normalized spacial score (nSPS) is 14.2. The number of nitrogens with one attached hydrogen (secondary N) is 2. The Morgan fingerprint density at radius 1 is 1.24 bits per heavy atom. The second-order valence-corrected chi connectivity index (χ2v) is 10.4. The fraction of sp³-hybridized carbons (Fsp3) is 0.536. The number of carboxylic acid groups (broad SMARTS) is 1. The van der Waals surface area contributed by atoms with Crippen molar-refractivity contribution in [1.29, 1.82) is 0 Å². The van der Waals surface area contributed by atoms with Crippen molar-refractivity contribution >= 4 is 29.7 Å². The number of benzene rings is 1. The molecule has 3 rings (SSSR count). The highest BCUT2D eigenvalue weighted by atomic mass is 35.5. The standard InChI is InChI=1S/C27H39ClN4O2.CH2O2/c1-8-32(21-9-11-31(7)12-10-21)24-14-20(28)13-22(18(24)5)26(33)29-15-23-25(16(2)3)17(4)19(6)30-27(23)34;2-1-3/h13-14,16,21H,8-12,15H2,1-7H3,(H,29,33)(H,30,34);1H,(H,2,3). The molecular weight excluding hydrogens is 492 g/mol. The Morgan fingerprint density at radius 3 is 2.38 bits per heavy atom. The zero-order valence-electron chi connectivity index (χ0n) is 23.1. The lowest BCUT2D eigenvalue weighted by Crippen LogP contribution is -2.44. The van der Waals surface area contributed by atoms with E-state index in [1.165, 1.54) is 0 Å². The van der Waals surface area contributed by atoms with Crippen LogP contribution >= 0.6 is 11.6 Å². The van der Waals surface area contributed by atoms with Crippen LogP contribution in [0, 0.1) is 20.8 Å². The molecule has 2 heterocycles. The fourth-order valence-electron chi connectivity index (χ4n) is 5.24. The molecule has 0 bridgehead atoms. The third-order valence-electron chi connectivity index (χ3n) is 7.24. The van der Waals surface area contributed by atoms with Gasteiger partial charge in [0, 0.05) is 46.7 Å². The van der Waals surface area contributed by atoms with Gasteiger partial charge in [-0.1, -0.05) is 25.4 Å².